The van der Waals surface area contributed by atoms with E-state index in [1.807, 2.05) is 17.9 Å². The molecule has 0 saturated carbocycles. The van der Waals surface area contributed by atoms with Gasteiger partial charge in [0.1, 0.15) is 5.82 Å². The molecule has 0 bridgehead atoms. The van der Waals surface area contributed by atoms with Crippen LogP contribution in [0.4, 0.5) is 4.39 Å². The molecule has 2 aromatic rings. The molecular weight excluding hydrogens is 383 g/mol. The summed E-state index contributed by atoms with van der Waals surface area (Å²) in [6.07, 6.45) is 3.45. The van der Waals surface area contributed by atoms with Crippen LogP contribution in [0.2, 0.25) is 5.02 Å². The van der Waals surface area contributed by atoms with Gasteiger partial charge in [0.05, 0.1) is 12.5 Å². The zero-order valence-electron chi connectivity index (χ0n) is 15.5. The van der Waals surface area contributed by atoms with Gasteiger partial charge in [0.2, 0.25) is 11.8 Å². The van der Waals surface area contributed by atoms with Crippen LogP contribution in [0.3, 0.4) is 0 Å². The molecule has 2 amide bonds. The van der Waals surface area contributed by atoms with Gasteiger partial charge in [-0.2, -0.15) is 0 Å². The lowest BCUT2D eigenvalue weighted by molar-refractivity contribution is -0.134. The SMILES string of the molecule is Cc1cnccc1CNC(=O)CC1C(=O)NCCN1Cc1ccc(F)cc1Cl. The molecule has 1 fully saturated rings. The van der Waals surface area contributed by atoms with E-state index in [1.165, 1.54) is 12.1 Å². The van der Waals surface area contributed by atoms with Crippen molar-refractivity contribution < 1.29 is 14.0 Å². The molecule has 3 rings (SSSR count). The van der Waals surface area contributed by atoms with Gasteiger partial charge in [-0.05, 0) is 41.8 Å². The maximum absolute atomic E-state index is 13.3. The summed E-state index contributed by atoms with van der Waals surface area (Å²) in [6, 6.07) is 5.44. The molecule has 1 saturated heterocycles. The molecule has 1 aromatic heterocycles. The van der Waals surface area contributed by atoms with Gasteiger partial charge in [0.25, 0.3) is 0 Å². The van der Waals surface area contributed by atoms with E-state index in [1.54, 1.807) is 18.5 Å². The Hall–Kier alpha value is -2.51. The van der Waals surface area contributed by atoms with E-state index in [0.717, 1.165) is 16.7 Å². The Kier molecular flexibility index (Phi) is 6.59. The molecule has 148 valence electrons. The number of amides is 2. The third-order valence-electron chi connectivity index (χ3n) is 4.82. The lowest BCUT2D eigenvalue weighted by Crippen LogP contribution is -2.56. The number of nitrogens with one attached hydrogen (secondary N) is 2. The highest BCUT2D eigenvalue weighted by atomic mass is 35.5. The molecule has 2 N–H and O–H groups in total. The lowest BCUT2D eigenvalue weighted by atomic mass is 10.1. The van der Waals surface area contributed by atoms with E-state index >= 15 is 0 Å². The molecule has 1 aliphatic rings. The molecule has 1 aliphatic heterocycles. The highest BCUT2D eigenvalue weighted by Gasteiger charge is 2.31. The van der Waals surface area contributed by atoms with E-state index < -0.39 is 11.9 Å². The Morgan fingerprint density at radius 1 is 1.39 bits per heavy atom. The van der Waals surface area contributed by atoms with Gasteiger partial charge in [0.15, 0.2) is 0 Å². The summed E-state index contributed by atoms with van der Waals surface area (Å²) < 4.78 is 13.3. The number of halogens is 2. The van der Waals surface area contributed by atoms with E-state index in [2.05, 4.69) is 15.6 Å². The van der Waals surface area contributed by atoms with E-state index in [-0.39, 0.29) is 18.2 Å². The third-order valence-corrected chi connectivity index (χ3v) is 5.17. The number of pyridine rings is 1. The van der Waals surface area contributed by atoms with Crippen LogP contribution in [-0.2, 0) is 22.7 Å². The minimum absolute atomic E-state index is 0.0365. The maximum atomic E-state index is 13.3. The zero-order chi connectivity index (χ0) is 20.1. The monoisotopic (exact) mass is 404 g/mol. The number of hydrogen-bond acceptors (Lipinski definition) is 4. The molecule has 0 radical (unpaired) electrons. The van der Waals surface area contributed by atoms with Gasteiger partial charge in [-0.25, -0.2) is 4.39 Å². The Bertz CT molecular complexity index is 877. The standard InChI is InChI=1S/C20H22ClFN4O2/c1-13-10-23-5-4-14(13)11-25-19(27)9-18-20(28)24-6-7-26(18)12-15-2-3-16(22)8-17(15)21/h2-5,8,10,18H,6-7,9,11-12H2,1H3,(H,24,28)(H,25,27). The van der Waals surface area contributed by atoms with Crippen LogP contribution in [0.1, 0.15) is 23.1 Å². The van der Waals surface area contributed by atoms with Gasteiger partial charge in [-0.1, -0.05) is 17.7 Å². The predicted molar refractivity (Wildman–Crippen MR) is 104 cm³/mol. The van der Waals surface area contributed by atoms with Crippen LogP contribution in [0.15, 0.2) is 36.7 Å². The lowest BCUT2D eigenvalue weighted by Gasteiger charge is -2.34. The van der Waals surface area contributed by atoms with Gasteiger partial charge >= 0.3 is 0 Å². The molecule has 0 aliphatic carbocycles. The number of benzene rings is 1. The average Bonchev–Trinajstić information content (AvgIpc) is 2.66. The second-order valence-corrected chi connectivity index (χ2v) is 7.20. The molecule has 28 heavy (non-hydrogen) atoms. The Morgan fingerprint density at radius 2 is 2.21 bits per heavy atom. The maximum Gasteiger partial charge on any atom is 0.237 e. The average molecular weight is 405 g/mol. The second kappa shape index (κ2) is 9.12. The summed E-state index contributed by atoms with van der Waals surface area (Å²) in [7, 11) is 0. The molecular formula is C20H22ClFN4O2. The number of carbonyl (C=O) groups excluding carboxylic acids is 2. The van der Waals surface area contributed by atoms with Crippen molar-refractivity contribution in [1.82, 2.24) is 20.5 Å². The fourth-order valence-corrected chi connectivity index (χ4v) is 3.41. The smallest absolute Gasteiger partial charge is 0.237 e. The van der Waals surface area contributed by atoms with Gasteiger partial charge in [-0.15, -0.1) is 0 Å². The number of hydrogen-bond donors (Lipinski definition) is 2. The van der Waals surface area contributed by atoms with Crippen molar-refractivity contribution in [3.63, 3.8) is 0 Å². The van der Waals surface area contributed by atoms with Crippen LogP contribution >= 0.6 is 11.6 Å². The zero-order valence-corrected chi connectivity index (χ0v) is 16.3. The molecule has 0 spiro atoms. The first-order chi connectivity index (χ1) is 13.4. The Labute approximate surface area is 168 Å². The highest BCUT2D eigenvalue weighted by molar-refractivity contribution is 6.31. The first-order valence-electron chi connectivity index (χ1n) is 9.06. The van der Waals surface area contributed by atoms with Gasteiger partial charge in [0, 0.05) is 43.6 Å². The Morgan fingerprint density at radius 3 is 2.96 bits per heavy atom. The van der Waals surface area contributed by atoms with Crippen molar-refractivity contribution in [1.29, 1.82) is 0 Å². The van der Waals surface area contributed by atoms with E-state index in [9.17, 15) is 14.0 Å². The van der Waals surface area contributed by atoms with Crippen molar-refractivity contribution in [3.05, 3.63) is 64.2 Å². The summed E-state index contributed by atoms with van der Waals surface area (Å²) >= 11 is 6.12. The molecule has 6 nitrogen and oxygen atoms in total. The molecule has 8 heteroatoms. The van der Waals surface area contributed by atoms with Crippen molar-refractivity contribution >= 4 is 23.4 Å². The van der Waals surface area contributed by atoms with E-state index in [4.69, 9.17) is 11.6 Å². The molecule has 1 atom stereocenters. The highest BCUT2D eigenvalue weighted by Crippen LogP contribution is 2.21. The summed E-state index contributed by atoms with van der Waals surface area (Å²) in [5.74, 6) is -0.819. The number of aryl methyl sites for hydroxylation is 1. The first-order valence-corrected chi connectivity index (χ1v) is 9.43. The number of aromatic nitrogens is 1. The van der Waals surface area contributed by atoms with Crippen LogP contribution in [0.25, 0.3) is 0 Å². The fourth-order valence-electron chi connectivity index (χ4n) is 3.18. The molecule has 2 heterocycles. The topological polar surface area (TPSA) is 74.3 Å². The number of carbonyl (C=O) groups is 2. The molecule has 1 unspecified atom stereocenters. The quantitative estimate of drug-likeness (QED) is 0.774. The minimum Gasteiger partial charge on any atom is -0.353 e. The van der Waals surface area contributed by atoms with Crippen LogP contribution in [-0.4, -0.2) is 40.8 Å². The van der Waals surface area contributed by atoms with Crippen molar-refractivity contribution in [3.8, 4) is 0 Å². The third kappa shape index (κ3) is 5.05. The van der Waals surface area contributed by atoms with Crippen molar-refractivity contribution in [2.75, 3.05) is 13.1 Å². The summed E-state index contributed by atoms with van der Waals surface area (Å²) in [6.45, 7) is 3.75. The van der Waals surface area contributed by atoms with Crippen molar-refractivity contribution in [2.24, 2.45) is 0 Å². The first kappa shape index (κ1) is 20.2. The van der Waals surface area contributed by atoms with Crippen LogP contribution in [0, 0.1) is 12.7 Å². The minimum atomic E-state index is -0.603. The van der Waals surface area contributed by atoms with Crippen molar-refractivity contribution in [2.45, 2.75) is 32.5 Å². The second-order valence-electron chi connectivity index (χ2n) is 6.80. The van der Waals surface area contributed by atoms with Gasteiger partial charge < -0.3 is 10.6 Å². The summed E-state index contributed by atoms with van der Waals surface area (Å²) in [5, 5.41) is 5.97. The number of piperazine rings is 1. The van der Waals surface area contributed by atoms with Gasteiger partial charge in [-0.3, -0.25) is 19.5 Å². The number of nitrogens with zero attached hydrogens (tertiary/aromatic N) is 2. The summed E-state index contributed by atoms with van der Waals surface area (Å²) in [5.41, 5.74) is 2.69. The largest absolute Gasteiger partial charge is 0.353 e. The normalized spacial score (nSPS) is 17.2. The Balaban J connectivity index is 1.64. The number of rotatable bonds is 6. The van der Waals surface area contributed by atoms with Crippen LogP contribution in [0.5, 0.6) is 0 Å². The predicted octanol–water partition coefficient (Wildman–Crippen LogP) is 2.19. The fraction of sp³-hybridized carbons (Fsp3) is 0.350. The van der Waals surface area contributed by atoms with Crippen LogP contribution < -0.4 is 10.6 Å². The van der Waals surface area contributed by atoms with E-state index in [0.29, 0.717) is 31.2 Å². The summed E-state index contributed by atoms with van der Waals surface area (Å²) in [4.78, 5) is 30.7. The molecule has 1 aromatic carbocycles.